The average Bonchev–Trinajstić information content (AvgIpc) is 2.53. The van der Waals surface area contributed by atoms with Gasteiger partial charge in [0, 0.05) is 11.9 Å². The van der Waals surface area contributed by atoms with Crippen LogP contribution in [0, 0.1) is 11.3 Å². The monoisotopic (exact) mass is 163 g/mol. The Morgan fingerprint density at radius 2 is 2.58 bits per heavy atom. The highest BCUT2D eigenvalue weighted by Crippen LogP contribution is 1.94. The van der Waals surface area contributed by atoms with Crippen LogP contribution in [0.25, 0.3) is 0 Å². The normalized spacial score (nSPS) is 8.92. The molecule has 0 aromatic carbocycles. The first kappa shape index (κ1) is 8.34. The lowest BCUT2D eigenvalue weighted by atomic mass is 10.3. The van der Waals surface area contributed by atoms with Crippen LogP contribution in [-0.4, -0.2) is 17.4 Å². The Labute approximate surface area is 70.2 Å². The summed E-state index contributed by atoms with van der Waals surface area (Å²) in [6.07, 6.45) is 2.06. The van der Waals surface area contributed by atoms with E-state index in [1.165, 1.54) is 0 Å². The molecule has 1 aromatic rings. The fraction of sp³-hybridized carbons (Fsp3) is 0.250. The molecule has 0 aliphatic carbocycles. The number of aromatic amines is 1. The molecule has 0 saturated heterocycles. The summed E-state index contributed by atoms with van der Waals surface area (Å²) in [5.41, 5.74) is 0.852. The topological polar surface area (TPSA) is 68.7 Å². The van der Waals surface area contributed by atoms with E-state index in [-0.39, 0.29) is 12.5 Å². The molecule has 1 heterocycles. The maximum atomic E-state index is 11.0. The minimum absolute atomic E-state index is 0.0690. The summed E-state index contributed by atoms with van der Waals surface area (Å²) in [5, 5.41) is 10.6. The minimum atomic E-state index is -0.140. The van der Waals surface area contributed by atoms with E-state index in [2.05, 4.69) is 10.3 Å². The SMILES string of the molecule is N#CCNC(=O)Cc1ccc[nH]1. The summed E-state index contributed by atoms with van der Waals surface area (Å²) >= 11 is 0. The lowest BCUT2D eigenvalue weighted by Crippen LogP contribution is -2.25. The van der Waals surface area contributed by atoms with Crippen molar-refractivity contribution in [2.45, 2.75) is 6.42 Å². The quantitative estimate of drug-likeness (QED) is 0.625. The van der Waals surface area contributed by atoms with Crippen LogP contribution in [0.1, 0.15) is 5.69 Å². The number of hydrogen-bond donors (Lipinski definition) is 2. The number of amides is 1. The second-order valence-electron chi connectivity index (χ2n) is 2.31. The van der Waals surface area contributed by atoms with E-state index < -0.39 is 0 Å². The van der Waals surface area contributed by atoms with Crippen LogP contribution in [0.2, 0.25) is 0 Å². The molecule has 1 amide bonds. The summed E-state index contributed by atoms with van der Waals surface area (Å²) in [4.78, 5) is 13.9. The van der Waals surface area contributed by atoms with E-state index in [9.17, 15) is 4.79 Å². The molecule has 0 aliphatic heterocycles. The molecule has 0 atom stereocenters. The number of aromatic nitrogens is 1. The van der Waals surface area contributed by atoms with Gasteiger partial charge in [0.15, 0.2) is 0 Å². The highest BCUT2D eigenvalue weighted by atomic mass is 16.1. The van der Waals surface area contributed by atoms with Crippen molar-refractivity contribution in [2.75, 3.05) is 6.54 Å². The van der Waals surface area contributed by atoms with E-state index >= 15 is 0 Å². The van der Waals surface area contributed by atoms with Crippen LogP contribution in [-0.2, 0) is 11.2 Å². The average molecular weight is 163 g/mol. The Morgan fingerprint density at radius 3 is 3.17 bits per heavy atom. The number of H-pyrrole nitrogens is 1. The van der Waals surface area contributed by atoms with Gasteiger partial charge in [0.25, 0.3) is 0 Å². The first-order chi connectivity index (χ1) is 5.83. The fourth-order valence-corrected chi connectivity index (χ4v) is 0.851. The van der Waals surface area contributed by atoms with E-state index in [1.807, 2.05) is 18.2 Å². The third kappa shape index (κ3) is 2.46. The number of nitrogens with one attached hydrogen (secondary N) is 2. The van der Waals surface area contributed by atoms with E-state index in [0.717, 1.165) is 5.69 Å². The van der Waals surface area contributed by atoms with Crippen molar-refractivity contribution >= 4 is 5.91 Å². The summed E-state index contributed by atoms with van der Waals surface area (Å²) in [5.74, 6) is -0.140. The summed E-state index contributed by atoms with van der Waals surface area (Å²) < 4.78 is 0. The van der Waals surface area contributed by atoms with Crippen LogP contribution in [0.4, 0.5) is 0 Å². The van der Waals surface area contributed by atoms with E-state index in [0.29, 0.717) is 6.42 Å². The van der Waals surface area contributed by atoms with Crippen molar-refractivity contribution < 1.29 is 4.79 Å². The van der Waals surface area contributed by atoms with Gasteiger partial charge in [-0.25, -0.2) is 0 Å². The van der Waals surface area contributed by atoms with E-state index in [4.69, 9.17) is 5.26 Å². The Kier molecular flexibility index (Phi) is 2.91. The predicted octanol–water partition coefficient (Wildman–Crippen LogP) is 0.197. The van der Waals surface area contributed by atoms with Crippen molar-refractivity contribution in [3.05, 3.63) is 24.0 Å². The van der Waals surface area contributed by atoms with Gasteiger partial charge in [0.1, 0.15) is 6.54 Å². The number of nitrogens with zero attached hydrogens (tertiary/aromatic N) is 1. The molecular formula is C8H9N3O. The molecule has 2 N–H and O–H groups in total. The Bertz CT molecular complexity index is 284. The molecule has 0 fully saturated rings. The zero-order chi connectivity index (χ0) is 8.81. The first-order valence-electron chi connectivity index (χ1n) is 3.59. The van der Waals surface area contributed by atoms with Crippen LogP contribution >= 0.6 is 0 Å². The highest BCUT2D eigenvalue weighted by molar-refractivity contribution is 5.78. The third-order valence-electron chi connectivity index (χ3n) is 1.38. The predicted molar refractivity (Wildman–Crippen MR) is 43.1 cm³/mol. The van der Waals surface area contributed by atoms with Crippen molar-refractivity contribution in [3.8, 4) is 6.07 Å². The largest absolute Gasteiger partial charge is 0.365 e. The maximum absolute atomic E-state index is 11.0. The second kappa shape index (κ2) is 4.19. The van der Waals surface area contributed by atoms with E-state index in [1.54, 1.807) is 6.20 Å². The minimum Gasteiger partial charge on any atom is -0.365 e. The summed E-state index contributed by atoms with van der Waals surface area (Å²) in [7, 11) is 0. The van der Waals surface area contributed by atoms with Gasteiger partial charge in [-0.05, 0) is 12.1 Å². The van der Waals surface area contributed by atoms with Crippen molar-refractivity contribution in [2.24, 2.45) is 0 Å². The Morgan fingerprint density at radius 1 is 1.75 bits per heavy atom. The molecular weight excluding hydrogens is 154 g/mol. The van der Waals surface area contributed by atoms with Gasteiger partial charge in [-0.15, -0.1) is 0 Å². The molecule has 1 aromatic heterocycles. The van der Waals surface area contributed by atoms with Gasteiger partial charge in [-0.2, -0.15) is 5.26 Å². The molecule has 0 spiro atoms. The molecule has 0 saturated carbocycles. The standard InChI is InChI=1S/C8H9N3O/c9-3-5-11-8(12)6-7-2-1-4-10-7/h1-2,4,10H,5-6H2,(H,11,12). The molecule has 0 radical (unpaired) electrons. The molecule has 12 heavy (non-hydrogen) atoms. The molecule has 4 heteroatoms. The summed E-state index contributed by atoms with van der Waals surface area (Å²) in [6.45, 7) is 0.0690. The Balaban J connectivity index is 2.33. The van der Waals surface area contributed by atoms with Gasteiger partial charge in [0.2, 0.25) is 5.91 Å². The zero-order valence-corrected chi connectivity index (χ0v) is 6.50. The van der Waals surface area contributed by atoms with Crippen molar-refractivity contribution in [1.82, 2.24) is 10.3 Å². The molecule has 0 unspecified atom stereocenters. The van der Waals surface area contributed by atoms with Gasteiger partial charge >= 0.3 is 0 Å². The van der Waals surface area contributed by atoms with Gasteiger partial charge in [-0.1, -0.05) is 0 Å². The van der Waals surface area contributed by atoms with Crippen LogP contribution < -0.4 is 5.32 Å². The maximum Gasteiger partial charge on any atom is 0.226 e. The van der Waals surface area contributed by atoms with Gasteiger partial charge < -0.3 is 10.3 Å². The number of hydrogen-bond acceptors (Lipinski definition) is 2. The highest BCUT2D eigenvalue weighted by Gasteiger charge is 2.01. The number of carbonyl (C=O) groups excluding carboxylic acids is 1. The second-order valence-corrected chi connectivity index (χ2v) is 2.31. The number of carbonyl (C=O) groups is 1. The number of rotatable bonds is 3. The van der Waals surface area contributed by atoms with Crippen LogP contribution in [0.15, 0.2) is 18.3 Å². The molecule has 0 bridgehead atoms. The van der Waals surface area contributed by atoms with Gasteiger partial charge in [0.05, 0.1) is 12.5 Å². The number of nitriles is 1. The lowest BCUT2D eigenvalue weighted by molar-refractivity contribution is -0.120. The zero-order valence-electron chi connectivity index (χ0n) is 6.50. The molecule has 1 rings (SSSR count). The smallest absolute Gasteiger partial charge is 0.226 e. The van der Waals surface area contributed by atoms with Crippen LogP contribution in [0.3, 0.4) is 0 Å². The van der Waals surface area contributed by atoms with Crippen molar-refractivity contribution in [1.29, 1.82) is 5.26 Å². The summed E-state index contributed by atoms with van der Waals surface area (Å²) in [6, 6.07) is 5.49. The Hall–Kier alpha value is -1.76. The fourth-order valence-electron chi connectivity index (χ4n) is 0.851. The lowest BCUT2D eigenvalue weighted by Gasteiger charge is -1.97. The van der Waals surface area contributed by atoms with Crippen molar-refractivity contribution in [3.63, 3.8) is 0 Å². The molecule has 0 aliphatic rings. The first-order valence-corrected chi connectivity index (χ1v) is 3.59. The third-order valence-corrected chi connectivity index (χ3v) is 1.38. The van der Waals surface area contributed by atoms with Crippen LogP contribution in [0.5, 0.6) is 0 Å². The molecule has 4 nitrogen and oxygen atoms in total. The molecule has 62 valence electrons. The van der Waals surface area contributed by atoms with Gasteiger partial charge in [-0.3, -0.25) is 4.79 Å².